The minimum Gasteiger partial charge on any atom is -0.494 e. The van der Waals surface area contributed by atoms with Gasteiger partial charge in [-0.25, -0.2) is 18.0 Å². The quantitative estimate of drug-likeness (QED) is 0.392. The molecule has 11 heteroatoms. The third kappa shape index (κ3) is 7.02. The molecule has 0 saturated carbocycles. The van der Waals surface area contributed by atoms with Crippen molar-refractivity contribution < 1.29 is 37.0 Å². The fraction of sp³-hybridized carbons (Fsp3) is 0.318. The van der Waals surface area contributed by atoms with Crippen LogP contribution in [-0.2, 0) is 19.5 Å². The number of methoxy groups -OCH3 is 2. The predicted molar refractivity (Wildman–Crippen MR) is 118 cm³/mol. The summed E-state index contributed by atoms with van der Waals surface area (Å²) in [5.41, 5.74) is 1.82. The third-order valence-electron chi connectivity index (χ3n) is 4.48. The van der Waals surface area contributed by atoms with Crippen molar-refractivity contribution in [3.63, 3.8) is 0 Å². The van der Waals surface area contributed by atoms with Crippen molar-refractivity contribution in [2.24, 2.45) is 5.92 Å². The van der Waals surface area contributed by atoms with Gasteiger partial charge < -0.3 is 14.2 Å². The van der Waals surface area contributed by atoms with Crippen LogP contribution in [0.3, 0.4) is 0 Å². The second-order valence-corrected chi connectivity index (χ2v) is 8.96. The van der Waals surface area contributed by atoms with Gasteiger partial charge in [-0.1, -0.05) is 13.8 Å². The number of esters is 2. The zero-order valence-corrected chi connectivity index (χ0v) is 19.5. The molecule has 2 aromatic rings. The molecule has 0 atom stereocenters. The first kappa shape index (κ1) is 25.8. The molecule has 0 saturated heterocycles. The first-order valence-corrected chi connectivity index (χ1v) is 11.4. The van der Waals surface area contributed by atoms with Crippen LogP contribution in [0.5, 0.6) is 5.75 Å². The van der Waals surface area contributed by atoms with E-state index in [2.05, 4.69) is 28.7 Å². The number of hydrogen-bond acceptors (Lipinski definition) is 8. The number of hydrogen-bond donors (Lipinski definition) is 2. The fourth-order valence-electron chi connectivity index (χ4n) is 2.62. The van der Waals surface area contributed by atoms with Crippen LogP contribution in [0.15, 0.2) is 47.4 Å². The summed E-state index contributed by atoms with van der Waals surface area (Å²) in [6.45, 7) is 4.70. The lowest BCUT2D eigenvalue weighted by Gasteiger charge is -2.13. The molecule has 33 heavy (non-hydrogen) atoms. The molecule has 1 amide bonds. The number of benzene rings is 2. The summed E-state index contributed by atoms with van der Waals surface area (Å²) in [7, 11) is -2.25. The van der Waals surface area contributed by atoms with Gasteiger partial charge in [0.15, 0.2) is 0 Å². The second-order valence-electron chi connectivity index (χ2n) is 7.31. The van der Waals surface area contributed by atoms with Crippen molar-refractivity contribution in [2.75, 3.05) is 20.8 Å². The average Bonchev–Trinajstić information content (AvgIpc) is 2.81. The molecule has 0 aromatic heterocycles. The van der Waals surface area contributed by atoms with E-state index >= 15 is 0 Å². The highest BCUT2D eigenvalue weighted by molar-refractivity contribution is 7.89. The number of carbonyl (C=O) groups excluding carboxylic acids is 3. The number of hydrazine groups is 1. The van der Waals surface area contributed by atoms with Crippen LogP contribution >= 0.6 is 0 Å². The molecule has 2 N–H and O–H groups in total. The molecule has 0 heterocycles. The van der Waals surface area contributed by atoms with Crippen LogP contribution in [0, 0.1) is 5.92 Å². The lowest BCUT2D eigenvalue weighted by molar-refractivity contribution is 0.0583. The van der Waals surface area contributed by atoms with Gasteiger partial charge in [0.2, 0.25) is 0 Å². The van der Waals surface area contributed by atoms with E-state index in [1.165, 1.54) is 18.2 Å². The summed E-state index contributed by atoms with van der Waals surface area (Å²) >= 11 is 0. The minimum absolute atomic E-state index is 0.107. The van der Waals surface area contributed by atoms with E-state index < -0.39 is 32.8 Å². The molecule has 0 fully saturated rings. The van der Waals surface area contributed by atoms with Gasteiger partial charge in [-0.2, -0.15) is 0 Å². The van der Waals surface area contributed by atoms with Gasteiger partial charge in [-0.15, -0.1) is 4.83 Å². The van der Waals surface area contributed by atoms with Gasteiger partial charge in [-0.3, -0.25) is 10.2 Å². The van der Waals surface area contributed by atoms with Crippen LogP contribution < -0.4 is 15.0 Å². The number of sulfonamides is 1. The van der Waals surface area contributed by atoms with Crippen LogP contribution in [0.2, 0.25) is 0 Å². The zero-order valence-electron chi connectivity index (χ0n) is 18.7. The molecule has 0 bridgehead atoms. The normalized spacial score (nSPS) is 11.1. The Morgan fingerprint density at radius 3 is 2.09 bits per heavy atom. The maximum atomic E-state index is 12.8. The number of nitrogens with one attached hydrogen (secondary N) is 2. The van der Waals surface area contributed by atoms with Crippen molar-refractivity contribution in [1.82, 2.24) is 10.3 Å². The molecule has 178 valence electrons. The van der Waals surface area contributed by atoms with Crippen molar-refractivity contribution >= 4 is 27.9 Å². The Labute approximate surface area is 192 Å². The highest BCUT2D eigenvalue weighted by Crippen LogP contribution is 2.20. The standard InChI is InChI=1S/C22H26N2O8S/c1-14(2)11-12-32-17-8-5-15(6-9-17)20(25)23-24-33(28,29)19-13-16(21(26)30-3)7-10-18(19)22(27)31-4/h5-10,13-14,24H,11-12H2,1-4H3,(H,23,25). The summed E-state index contributed by atoms with van der Waals surface area (Å²) < 4.78 is 40.4. The minimum atomic E-state index is -4.46. The number of ether oxygens (including phenoxy) is 3. The Morgan fingerprint density at radius 1 is 0.909 bits per heavy atom. The molecular weight excluding hydrogens is 452 g/mol. The average molecular weight is 479 g/mol. The van der Waals surface area contributed by atoms with E-state index in [1.54, 1.807) is 12.1 Å². The highest BCUT2D eigenvalue weighted by atomic mass is 32.2. The molecule has 2 rings (SSSR count). The summed E-state index contributed by atoms with van der Waals surface area (Å²) in [4.78, 5) is 37.5. The lowest BCUT2D eigenvalue weighted by atomic mass is 10.1. The highest BCUT2D eigenvalue weighted by Gasteiger charge is 2.26. The van der Waals surface area contributed by atoms with Crippen LogP contribution in [0.4, 0.5) is 0 Å². The molecule has 0 spiro atoms. The second kappa shape index (κ2) is 11.4. The van der Waals surface area contributed by atoms with Crippen LogP contribution in [-0.4, -0.2) is 47.1 Å². The molecule has 0 unspecified atom stereocenters. The Bertz CT molecular complexity index is 1110. The summed E-state index contributed by atoms with van der Waals surface area (Å²) in [5, 5.41) is 0. The van der Waals surface area contributed by atoms with Gasteiger partial charge in [0, 0.05) is 5.56 Å². The van der Waals surface area contributed by atoms with Gasteiger partial charge in [0.05, 0.1) is 36.8 Å². The Morgan fingerprint density at radius 2 is 1.52 bits per heavy atom. The van der Waals surface area contributed by atoms with Crippen LogP contribution in [0.25, 0.3) is 0 Å². The van der Waals surface area contributed by atoms with Crippen molar-refractivity contribution in [2.45, 2.75) is 25.2 Å². The van der Waals surface area contributed by atoms with Crippen molar-refractivity contribution in [3.05, 3.63) is 59.2 Å². The van der Waals surface area contributed by atoms with E-state index in [-0.39, 0.29) is 16.7 Å². The predicted octanol–water partition coefficient (Wildman–Crippen LogP) is 2.31. The van der Waals surface area contributed by atoms with Crippen LogP contribution in [0.1, 0.15) is 51.3 Å². The largest absolute Gasteiger partial charge is 0.494 e. The Kier molecular flexibility index (Phi) is 8.94. The fourth-order valence-corrected chi connectivity index (χ4v) is 3.68. The maximum absolute atomic E-state index is 12.8. The summed E-state index contributed by atoms with van der Waals surface area (Å²) in [5.74, 6) is -1.41. The first-order chi connectivity index (χ1) is 15.6. The van der Waals surface area contributed by atoms with Gasteiger partial charge in [-0.05, 0) is 54.8 Å². The van der Waals surface area contributed by atoms with E-state index in [0.717, 1.165) is 32.8 Å². The van der Waals surface area contributed by atoms with Crippen molar-refractivity contribution in [3.8, 4) is 5.75 Å². The third-order valence-corrected chi connectivity index (χ3v) is 5.76. The molecule has 0 aliphatic carbocycles. The maximum Gasteiger partial charge on any atom is 0.339 e. The van der Waals surface area contributed by atoms with Gasteiger partial charge in [0.1, 0.15) is 5.75 Å². The molecule has 0 radical (unpaired) electrons. The van der Waals surface area contributed by atoms with Crippen molar-refractivity contribution in [1.29, 1.82) is 0 Å². The Hall–Kier alpha value is -3.44. The molecule has 10 nitrogen and oxygen atoms in total. The molecule has 0 aliphatic heterocycles. The smallest absolute Gasteiger partial charge is 0.339 e. The number of rotatable bonds is 10. The lowest BCUT2D eigenvalue weighted by Crippen LogP contribution is -2.42. The molecular formula is C22H26N2O8S. The molecule has 2 aromatic carbocycles. The zero-order chi connectivity index (χ0) is 24.6. The van der Waals surface area contributed by atoms with Gasteiger partial charge >= 0.3 is 11.9 Å². The summed E-state index contributed by atoms with van der Waals surface area (Å²) in [6.07, 6.45) is 0.884. The number of amides is 1. The van der Waals surface area contributed by atoms with E-state index in [9.17, 15) is 22.8 Å². The SMILES string of the molecule is COC(=O)c1ccc(C(=O)OC)c(S(=O)(=O)NNC(=O)c2ccc(OCCC(C)C)cc2)c1. The van der Waals surface area contributed by atoms with E-state index in [1.807, 2.05) is 4.83 Å². The van der Waals surface area contributed by atoms with Gasteiger partial charge in [0.25, 0.3) is 15.9 Å². The summed E-state index contributed by atoms with van der Waals surface area (Å²) in [6, 6.07) is 9.44. The number of carbonyl (C=O) groups is 3. The van der Waals surface area contributed by atoms with E-state index in [4.69, 9.17) is 4.74 Å². The first-order valence-electron chi connectivity index (χ1n) is 9.94. The molecule has 0 aliphatic rings. The van der Waals surface area contributed by atoms with E-state index in [0.29, 0.717) is 18.3 Å². The topological polar surface area (TPSA) is 137 Å². The Balaban J connectivity index is 2.16. The monoisotopic (exact) mass is 478 g/mol.